The summed E-state index contributed by atoms with van der Waals surface area (Å²) in [5.74, 6) is 0.653. The third-order valence-corrected chi connectivity index (χ3v) is 2.80. The molecule has 0 radical (unpaired) electrons. The van der Waals surface area contributed by atoms with Gasteiger partial charge in [-0.3, -0.25) is 0 Å². The van der Waals surface area contributed by atoms with Crippen molar-refractivity contribution in [3.63, 3.8) is 0 Å². The van der Waals surface area contributed by atoms with E-state index in [0.717, 1.165) is 22.3 Å². The zero-order valence-corrected chi connectivity index (χ0v) is 10.2. The molecule has 0 unspecified atom stereocenters. The first-order valence-electron chi connectivity index (χ1n) is 5.99. The van der Waals surface area contributed by atoms with Gasteiger partial charge in [-0.25, -0.2) is 4.98 Å². The summed E-state index contributed by atoms with van der Waals surface area (Å²) >= 11 is 0. The number of anilines is 1. The first-order valence-corrected chi connectivity index (χ1v) is 5.99. The molecule has 6 heteroatoms. The normalized spacial score (nSPS) is 10.8. The third kappa shape index (κ3) is 2.38. The number of aromatic amines is 1. The number of benzene rings is 1. The van der Waals surface area contributed by atoms with E-state index in [1.807, 2.05) is 30.3 Å². The summed E-state index contributed by atoms with van der Waals surface area (Å²) in [7, 11) is 0. The predicted molar refractivity (Wildman–Crippen MR) is 72.7 cm³/mol. The molecular weight excluding hydrogens is 242 g/mol. The molecule has 3 N–H and O–H groups in total. The quantitative estimate of drug-likeness (QED) is 0.656. The van der Waals surface area contributed by atoms with Crippen molar-refractivity contribution in [2.75, 3.05) is 18.5 Å². The highest BCUT2D eigenvalue weighted by Gasteiger charge is 2.03. The number of hydrogen-bond acceptors (Lipinski definition) is 5. The minimum absolute atomic E-state index is 0.0694. The second kappa shape index (κ2) is 5.03. The van der Waals surface area contributed by atoms with Crippen LogP contribution in [0.3, 0.4) is 0 Å². The zero-order valence-electron chi connectivity index (χ0n) is 10.2. The minimum atomic E-state index is 0.0694. The molecule has 3 rings (SSSR count). The number of imidazole rings is 1. The second-order valence-electron chi connectivity index (χ2n) is 4.09. The molecule has 0 aliphatic carbocycles. The first kappa shape index (κ1) is 11.6. The molecule has 2 aromatic heterocycles. The van der Waals surface area contributed by atoms with Gasteiger partial charge in [0.2, 0.25) is 0 Å². The number of nitrogens with zero attached hydrogens (tertiary/aromatic N) is 3. The van der Waals surface area contributed by atoms with Crippen LogP contribution < -0.4 is 5.32 Å². The molecule has 0 aliphatic rings. The molecule has 0 spiro atoms. The van der Waals surface area contributed by atoms with Crippen LogP contribution in [0.1, 0.15) is 0 Å². The number of fused-ring (bicyclic) bond motifs is 1. The van der Waals surface area contributed by atoms with E-state index in [9.17, 15) is 0 Å². The van der Waals surface area contributed by atoms with Gasteiger partial charge in [-0.1, -0.05) is 6.07 Å². The van der Waals surface area contributed by atoms with Crippen molar-refractivity contribution in [2.45, 2.75) is 0 Å². The Hall–Kier alpha value is -2.47. The Labute approximate surface area is 109 Å². The van der Waals surface area contributed by atoms with Gasteiger partial charge in [0, 0.05) is 12.1 Å². The molecule has 96 valence electrons. The molecule has 6 nitrogen and oxygen atoms in total. The van der Waals surface area contributed by atoms with E-state index in [0.29, 0.717) is 12.4 Å². The van der Waals surface area contributed by atoms with E-state index in [2.05, 4.69) is 25.5 Å². The van der Waals surface area contributed by atoms with Gasteiger partial charge in [0.15, 0.2) is 0 Å². The standard InChI is InChI=1S/C13H13N5O/c19-6-5-14-13-4-3-10(17-18-13)9-1-2-11-12(7-9)16-8-15-11/h1-4,7-8,19H,5-6H2,(H,14,18)(H,15,16). The number of aliphatic hydroxyl groups is 1. The highest BCUT2D eigenvalue weighted by atomic mass is 16.3. The maximum Gasteiger partial charge on any atom is 0.148 e. The topological polar surface area (TPSA) is 86.7 Å². The number of rotatable bonds is 4. The van der Waals surface area contributed by atoms with Crippen LogP contribution >= 0.6 is 0 Å². The van der Waals surface area contributed by atoms with E-state index < -0.39 is 0 Å². The summed E-state index contributed by atoms with van der Waals surface area (Å²) in [5.41, 5.74) is 3.68. The van der Waals surface area contributed by atoms with E-state index in [4.69, 9.17) is 5.11 Å². The van der Waals surface area contributed by atoms with Gasteiger partial charge in [0.1, 0.15) is 5.82 Å². The Morgan fingerprint density at radius 3 is 2.89 bits per heavy atom. The van der Waals surface area contributed by atoms with Crippen molar-refractivity contribution < 1.29 is 5.11 Å². The van der Waals surface area contributed by atoms with Crippen LogP contribution in [0.15, 0.2) is 36.7 Å². The number of H-pyrrole nitrogens is 1. The highest BCUT2D eigenvalue weighted by Crippen LogP contribution is 2.21. The van der Waals surface area contributed by atoms with Crippen molar-refractivity contribution in [1.29, 1.82) is 0 Å². The first-order chi connectivity index (χ1) is 9.36. The Morgan fingerprint density at radius 2 is 2.11 bits per heavy atom. The lowest BCUT2D eigenvalue weighted by Gasteiger charge is -2.04. The van der Waals surface area contributed by atoms with E-state index in [1.54, 1.807) is 6.33 Å². The van der Waals surface area contributed by atoms with Gasteiger partial charge >= 0.3 is 0 Å². The Morgan fingerprint density at radius 1 is 1.16 bits per heavy atom. The van der Waals surface area contributed by atoms with Crippen molar-refractivity contribution in [2.24, 2.45) is 0 Å². The van der Waals surface area contributed by atoms with Crippen LogP contribution in [-0.4, -0.2) is 38.4 Å². The van der Waals surface area contributed by atoms with E-state index in [-0.39, 0.29) is 6.61 Å². The highest BCUT2D eigenvalue weighted by molar-refractivity contribution is 5.80. The molecule has 0 atom stereocenters. The summed E-state index contributed by atoms with van der Waals surface area (Å²) in [6.45, 7) is 0.536. The smallest absolute Gasteiger partial charge is 0.148 e. The molecule has 2 heterocycles. The van der Waals surface area contributed by atoms with Crippen molar-refractivity contribution in [3.8, 4) is 11.3 Å². The van der Waals surface area contributed by atoms with E-state index >= 15 is 0 Å². The predicted octanol–water partition coefficient (Wildman–Crippen LogP) is 1.42. The zero-order chi connectivity index (χ0) is 13.1. The summed E-state index contributed by atoms with van der Waals surface area (Å²) in [5, 5.41) is 19.9. The van der Waals surface area contributed by atoms with Gasteiger partial charge in [-0.15, -0.1) is 10.2 Å². The number of aliphatic hydroxyl groups excluding tert-OH is 1. The fraction of sp³-hybridized carbons (Fsp3) is 0.154. The van der Waals surface area contributed by atoms with Gasteiger partial charge in [0.25, 0.3) is 0 Å². The molecule has 0 amide bonds. The van der Waals surface area contributed by atoms with Crippen LogP contribution in [0.4, 0.5) is 5.82 Å². The Kier molecular flexibility index (Phi) is 3.07. The summed E-state index contributed by atoms with van der Waals surface area (Å²) in [4.78, 5) is 7.25. The summed E-state index contributed by atoms with van der Waals surface area (Å²) in [6.07, 6.45) is 1.67. The molecule has 1 aromatic carbocycles. The number of aromatic nitrogens is 4. The van der Waals surface area contributed by atoms with E-state index in [1.165, 1.54) is 0 Å². The van der Waals surface area contributed by atoms with Crippen LogP contribution in [-0.2, 0) is 0 Å². The molecule has 0 fully saturated rings. The van der Waals surface area contributed by atoms with Gasteiger partial charge in [0.05, 0.1) is 29.7 Å². The molecular formula is C13H13N5O. The SMILES string of the molecule is OCCNc1ccc(-c2ccc3nc[nH]c3c2)nn1. The number of hydrogen-bond donors (Lipinski definition) is 3. The largest absolute Gasteiger partial charge is 0.395 e. The van der Waals surface area contributed by atoms with Crippen molar-refractivity contribution in [1.82, 2.24) is 20.2 Å². The fourth-order valence-electron chi connectivity index (χ4n) is 1.86. The van der Waals surface area contributed by atoms with Crippen LogP contribution in [0.25, 0.3) is 22.3 Å². The van der Waals surface area contributed by atoms with Crippen LogP contribution in [0.5, 0.6) is 0 Å². The van der Waals surface area contributed by atoms with Crippen molar-refractivity contribution >= 4 is 16.9 Å². The molecule has 0 bridgehead atoms. The minimum Gasteiger partial charge on any atom is -0.395 e. The monoisotopic (exact) mass is 255 g/mol. The lowest BCUT2D eigenvalue weighted by atomic mass is 10.1. The fourth-order valence-corrected chi connectivity index (χ4v) is 1.86. The third-order valence-electron chi connectivity index (χ3n) is 2.80. The average Bonchev–Trinajstić information content (AvgIpc) is 2.93. The summed E-state index contributed by atoms with van der Waals surface area (Å²) < 4.78 is 0. The molecule has 0 saturated carbocycles. The maximum absolute atomic E-state index is 8.72. The summed E-state index contributed by atoms with van der Waals surface area (Å²) in [6, 6.07) is 9.64. The molecule has 0 saturated heterocycles. The second-order valence-corrected chi connectivity index (χ2v) is 4.09. The molecule has 19 heavy (non-hydrogen) atoms. The van der Waals surface area contributed by atoms with Crippen molar-refractivity contribution in [3.05, 3.63) is 36.7 Å². The number of nitrogens with one attached hydrogen (secondary N) is 2. The van der Waals surface area contributed by atoms with Gasteiger partial charge in [-0.05, 0) is 24.3 Å². The Balaban J connectivity index is 1.88. The Bertz CT molecular complexity index is 677. The molecule has 3 aromatic rings. The average molecular weight is 255 g/mol. The van der Waals surface area contributed by atoms with Gasteiger partial charge in [-0.2, -0.15) is 0 Å². The van der Waals surface area contributed by atoms with Crippen LogP contribution in [0.2, 0.25) is 0 Å². The lowest BCUT2D eigenvalue weighted by Crippen LogP contribution is -2.07. The van der Waals surface area contributed by atoms with Gasteiger partial charge < -0.3 is 15.4 Å². The van der Waals surface area contributed by atoms with Crippen LogP contribution in [0, 0.1) is 0 Å². The molecule has 0 aliphatic heterocycles. The lowest BCUT2D eigenvalue weighted by molar-refractivity contribution is 0.311. The maximum atomic E-state index is 8.72.